The average Bonchev–Trinajstić information content (AvgIpc) is 3.08. The molecule has 1 aliphatic carbocycles. The molecule has 1 atom stereocenters. The number of aromatic nitrogens is 3. The van der Waals surface area contributed by atoms with E-state index in [1.165, 1.54) is 11.3 Å². The second kappa shape index (κ2) is 6.55. The number of nitrogens with one attached hydrogen (secondary N) is 2. The lowest BCUT2D eigenvalue weighted by atomic mass is 9.73. The summed E-state index contributed by atoms with van der Waals surface area (Å²) in [5.74, 6) is 0.678. The minimum absolute atomic E-state index is 0.227. The first-order valence-electron chi connectivity index (χ1n) is 8.33. The van der Waals surface area contributed by atoms with E-state index in [1.54, 1.807) is 22.2 Å². The fraction of sp³-hybridized carbons (Fsp3) is 0.588. The van der Waals surface area contributed by atoms with Gasteiger partial charge in [-0.1, -0.05) is 20.8 Å². The van der Waals surface area contributed by atoms with Crippen molar-refractivity contribution in [2.75, 3.05) is 5.32 Å². The number of thiazole rings is 1. The van der Waals surface area contributed by atoms with Crippen molar-refractivity contribution in [3.8, 4) is 0 Å². The fourth-order valence-corrected chi connectivity index (χ4v) is 4.14. The summed E-state index contributed by atoms with van der Waals surface area (Å²) >= 11 is 1.61. The molecule has 2 aromatic heterocycles. The number of hydrogen-bond acceptors (Lipinski definition) is 4. The van der Waals surface area contributed by atoms with Crippen LogP contribution in [0.3, 0.4) is 0 Å². The van der Waals surface area contributed by atoms with Crippen LogP contribution in [-0.2, 0) is 26.4 Å². The van der Waals surface area contributed by atoms with Gasteiger partial charge < -0.3 is 5.32 Å². The summed E-state index contributed by atoms with van der Waals surface area (Å²) in [5.41, 5.74) is 2.43. The Balaban J connectivity index is 1.58. The SMILES string of the molecule is Cn1nccc1CNC(=O)Nc1nc2c(s1)CC(C(C)(C)C)CC2. The van der Waals surface area contributed by atoms with E-state index in [0.717, 1.165) is 24.2 Å². The Hall–Kier alpha value is -1.89. The van der Waals surface area contributed by atoms with E-state index < -0.39 is 0 Å². The molecule has 2 amide bonds. The van der Waals surface area contributed by atoms with Gasteiger partial charge in [0.1, 0.15) is 0 Å². The predicted molar refractivity (Wildman–Crippen MR) is 96.2 cm³/mol. The van der Waals surface area contributed by atoms with Gasteiger partial charge in [0.15, 0.2) is 5.13 Å². The van der Waals surface area contributed by atoms with Gasteiger partial charge in [0, 0.05) is 18.1 Å². The minimum atomic E-state index is -0.227. The molecule has 0 saturated heterocycles. The highest BCUT2D eigenvalue weighted by Gasteiger charge is 2.30. The third-order valence-corrected chi connectivity index (χ3v) is 5.77. The van der Waals surface area contributed by atoms with Crippen molar-refractivity contribution in [3.63, 3.8) is 0 Å². The zero-order valence-electron chi connectivity index (χ0n) is 14.7. The van der Waals surface area contributed by atoms with Gasteiger partial charge in [-0.15, -0.1) is 11.3 Å². The molecule has 3 rings (SSSR count). The molecule has 2 heterocycles. The molecule has 0 radical (unpaired) electrons. The zero-order valence-corrected chi connectivity index (χ0v) is 15.5. The molecule has 0 aliphatic heterocycles. The highest BCUT2D eigenvalue weighted by Crippen LogP contribution is 2.39. The van der Waals surface area contributed by atoms with Crippen LogP contribution in [-0.4, -0.2) is 20.8 Å². The Kier molecular flexibility index (Phi) is 4.62. The van der Waals surface area contributed by atoms with Gasteiger partial charge in [-0.2, -0.15) is 5.10 Å². The maximum absolute atomic E-state index is 12.1. The highest BCUT2D eigenvalue weighted by molar-refractivity contribution is 7.15. The van der Waals surface area contributed by atoms with Crippen LogP contribution in [0.25, 0.3) is 0 Å². The lowest BCUT2D eigenvalue weighted by Gasteiger charge is -2.33. The number of urea groups is 1. The average molecular weight is 347 g/mol. The van der Waals surface area contributed by atoms with Crippen LogP contribution in [0.1, 0.15) is 43.5 Å². The molecule has 2 N–H and O–H groups in total. The van der Waals surface area contributed by atoms with E-state index in [2.05, 4.69) is 41.5 Å². The van der Waals surface area contributed by atoms with Gasteiger partial charge in [0.2, 0.25) is 0 Å². The Morgan fingerprint density at radius 1 is 1.46 bits per heavy atom. The fourth-order valence-electron chi connectivity index (χ4n) is 3.05. The first-order valence-corrected chi connectivity index (χ1v) is 9.15. The van der Waals surface area contributed by atoms with Crippen LogP contribution in [0.2, 0.25) is 0 Å². The van der Waals surface area contributed by atoms with Crippen LogP contribution in [0.15, 0.2) is 12.3 Å². The first kappa shape index (κ1) is 17.0. The summed E-state index contributed by atoms with van der Waals surface area (Å²) in [6, 6.07) is 1.66. The second-order valence-electron chi connectivity index (χ2n) is 7.45. The summed E-state index contributed by atoms with van der Waals surface area (Å²) in [7, 11) is 1.86. The molecule has 0 aromatic carbocycles. The van der Waals surface area contributed by atoms with Gasteiger partial charge >= 0.3 is 6.03 Å². The Bertz CT molecular complexity index is 728. The molecule has 2 aromatic rings. The zero-order chi connectivity index (χ0) is 17.3. The predicted octanol–water partition coefficient (Wildman–Crippen LogP) is 3.35. The molecule has 7 heteroatoms. The molecule has 0 fully saturated rings. The number of fused-ring (bicyclic) bond motifs is 1. The summed E-state index contributed by atoms with van der Waals surface area (Å²) in [6.45, 7) is 7.34. The van der Waals surface area contributed by atoms with Crippen molar-refractivity contribution in [2.45, 2.75) is 46.6 Å². The van der Waals surface area contributed by atoms with Crippen LogP contribution in [0.4, 0.5) is 9.93 Å². The number of rotatable bonds is 3. The molecular weight excluding hydrogens is 322 g/mol. The van der Waals surface area contributed by atoms with E-state index >= 15 is 0 Å². The highest BCUT2D eigenvalue weighted by atomic mass is 32.1. The van der Waals surface area contributed by atoms with Crippen LogP contribution >= 0.6 is 11.3 Å². The topological polar surface area (TPSA) is 71.8 Å². The molecule has 0 bridgehead atoms. The number of hydrogen-bond donors (Lipinski definition) is 2. The van der Waals surface area contributed by atoms with Crippen molar-refractivity contribution in [2.24, 2.45) is 18.4 Å². The van der Waals surface area contributed by atoms with Crippen LogP contribution in [0, 0.1) is 11.3 Å². The minimum Gasteiger partial charge on any atom is -0.332 e. The van der Waals surface area contributed by atoms with Gasteiger partial charge in [-0.05, 0) is 36.7 Å². The summed E-state index contributed by atoms with van der Waals surface area (Å²) < 4.78 is 1.75. The number of carbonyl (C=O) groups is 1. The smallest absolute Gasteiger partial charge is 0.321 e. The van der Waals surface area contributed by atoms with Crippen molar-refractivity contribution < 1.29 is 4.79 Å². The number of carbonyl (C=O) groups excluding carboxylic acids is 1. The molecular formula is C17H25N5OS. The van der Waals surface area contributed by atoms with Gasteiger partial charge in [0.05, 0.1) is 17.9 Å². The molecule has 0 spiro atoms. The Labute approximate surface area is 146 Å². The first-order chi connectivity index (χ1) is 11.3. The summed E-state index contributed by atoms with van der Waals surface area (Å²) in [5, 5.41) is 10.5. The van der Waals surface area contributed by atoms with Crippen LogP contribution < -0.4 is 10.6 Å². The Morgan fingerprint density at radius 3 is 2.92 bits per heavy atom. The van der Waals surface area contributed by atoms with Crippen molar-refractivity contribution in [1.29, 1.82) is 0 Å². The lowest BCUT2D eigenvalue weighted by molar-refractivity contribution is 0.217. The van der Waals surface area contributed by atoms with E-state index in [-0.39, 0.29) is 6.03 Å². The second-order valence-corrected chi connectivity index (χ2v) is 8.53. The number of aryl methyl sites for hydroxylation is 2. The maximum atomic E-state index is 12.1. The largest absolute Gasteiger partial charge is 0.332 e. The third kappa shape index (κ3) is 3.77. The van der Waals surface area contributed by atoms with E-state index in [1.807, 2.05) is 13.1 Å². The van der Waals surface area contributed by atoms with Crippen LogP contribution in [0.5, 0.6) is 0 Å². The van der Waals surface area contributed by atoms with Gasteiger partial charge in [-0.25, -0.2) is 9.78 Å². The number of nitrogens with zero attached hydrogens (tertiary/aromatic N) is 3. The van der Waals surface area contributed by atoms with Crippen molar-refractivity contribution >= 4 is 22.5 Å². The Morgan fingerprint density at radius 2 is 2.25 bits per heavy atom. The lowest BCUT2D eigenvalue weighted by Crippen LogP contribution is -2.28. The molecule has 1 unspecified atom stereocenters. The molecule has 6 nitrogen and oxygen atoms in total. The van der Waals surface area contributed by atoms with Gasteiger partial charge in [0.25, 0.3) is 0 Å². The van der Waals surface area contributed by atoms with E-state index in [9.17, 15) is 4.79 Å². The molecule has 130 valence electrons. The summed E-state index contributed by atoms with van der Waals surface area (Å²) in [6.07, 6.45) is 4.96. The van der Waals surface area contributed by atoms with E-state index in [4.69, 9.17) is 0 Å². The molecule has 0 saturated carbocycles. The number of amides is 2. The van der Waals surface area contributed by atoms with Crippen molar-refractivity contribution in [3.05, 3.63) is 28.5 Å². The quantitative estimate of drug-likeness (QED) is 0.894. The molecule has 24 heavy (non-hydrogen) atoms. The van der Waals surface area contributed by atoms with E-state index in [0.29, 0.717) is 23.0 Å². The van der Waals surface area contributed by atoms with Crippen molar-refractivity contribution in [1.82, 2.24) is 20.1 Å². The standard InChI is InChI=1S/C17H25N5OS/c1-17(2,3)11-5-6-13-14(9-11)24-16(20-13)21-15(23)18-10-12-7-8-19-22(12)4/h7-8,11H,5-6,9-10H2,1-4H3,(H2,18,20,21,23). The van der Waals surface area contributed by atoms with Gasteiger partial charge in [-0.3, -0.25) is 10.00 Å². The summed E-state index contributed by atoms with van der Waals surface area (Å²) in [4.78, 5) is 18.0. The maximum Gasteiger partial charge on any atom is 0.321 e. The third-order valence-electron chi connectivity index (χ3n) is 4.74. The monoisotopic (exact) mass is 347 g/mol. The molecule has 1 aliphatic rings. The number of anilines is 1. The normalized spacial score (nSPS) is 17.4.